The molecule has 1 atom stereocenters. The summed E-state index contributed by atoms with van der Waals surface area (Å²) in [7, 11) is 0. The molecule has 1 aromatic carbocycles. The van der Waals surface area contributed by atoms with Crippen LogP contribution in [0.4, 0.5) is 19.3 Å². The Morgan fingerprint density at radius 1 is 1.24 bits per heavy atom. The fourth-order valence-corrected chi connectivity index (χ4v) is 1.83. The standard InChI is InChI=1S/C14H18F2N2O3/c1-8(2)6-9(13(19)20)7-17-14(21)18-12-10(15)4-3-5-11(12)16/h3-5,8-9H,6-7H2,1-2H3,(H,19,20)(H2,17,18,21). The molecule has 0 radical (unpaired) electrons. The number of nitrogens with one attached hydrogen (secondary N) is 2. The fraction of sp³-hybridized carbons (Fsp3) is 0.429. The lowest BCUT2D eigenvalue weighted by Crippen LogP contribution is -2.36. The first kappa shape index (κ1) is 16.9. The second-order valence-electron chi connectivity index (χ2n) is 5.10. The zero-order valence-electron chi connectivity index (χ0n) is 11.8. The van der Waals surface area contributed by atoms with Gasteiger partial charge in [0.1, 0.15) is 17.3 Å². The number of amides is 2. The van der Waals surface area contributed by atoms with E-state index < -0.39 is 35.2 Å². The number of aliphatic carboxylic acids is 1. The summed E-state index contributed by atoms with van der Waals surface area (Å²) in [5.74, 6) is -3.42. The Morgan fingerprint density at radius 3 is 2.29 bits per heavy atom. The summed E-state index contributed by atoms with van der Waals surface area (Å²) >= 11 is 0. The third-order valence-corrected chi connectivity index (χ3v) is 2.82. The van der Waals surface area contributed by atoms with Crippen molar-refractivity contribution in [3.63, 3.8) is 0 Å². The van der Waals surface area contributed by atoms with Gasteiger partial charge in [-0.3, -0.25) is 4.79 Å². The second-order valence-corrected chi connectivity index (χ2v) is 5.10. The second kappa shape index (κ2) is 7.56. The fourth-order valence-electron chi connectivity index (χ4n) is 1.83. The molecule has 21 heavy (non-hydrogen) atoms. The topological polar surface area (TPSA) is 78.4 Å². The summed E-state index contributed by atoms with van der Waals surface area (Å²) in [6.45, 7) is 3.62. The van der Waals surface area contributed by atoms with Crippen molar-refractivity contribution < 1.29 is 23.5 Å². The van der Waals surface area contributed by atoms with Crippen molar-refractivity contribution in [2.45, 2.75) is 20.3 Å². The smallest absolute Gasteiger partial charge is 0.319 e. The van der Waals surface area contributed by atoms with Gasteiger partial charge in [-0.2, -0.15) is 0 Å². The molecular formula is C14H18F2N2O3. The van der Waals surface area contributed by atoms with E-state index in [0.29, 0.717) is 6.42 Å². The van der Waals surface area contributed by atoms with Gasteiger partial charge in [-0.15, -0.1) is 0 Å². The largest absolute Gasteiger partial charge is 0.481 e. The van der Waals surface area contributed by atoms with Crippen molar-refractivity contribution in [1.29, 1.82) is 0 Å². The van der Waals surface area contributed by atoms with Gasteiger partial charge >= 0.3 is 12.0 Å². The number of hydrogen-bond acceptors (Lipinski definition) is 2. The molecular weight excluding hydrogens is 282 g/mol. The summed E-state index contributed by atoms with van der Waals surface area (Å²) in [6.07, 6.45) is 0.393. The Hall–Kier alpha value is -2.18. The highest BCUT2D eigenvalue weighted by atomic mass is 19.1. The van der Waals surface area contributed by atoms with E-state index in [1.165, 1.54) is 6.07 Å². The number of urea groups is 1. The predicted molar refractivity (Wildman–Crippen MR) is 74.0 cm³/mol. The van der Waals surface area contributed by atoms with Gasteiger partial charge in [-0.1, -0.05) is 19.9 Å². The summed E-state index contributed by atoms with van der Waals surface area (Å²) in [6, 6.07) is 2.35. The van der Waals surface area contributed by atoms with Crippen LogP contribution < -0.4 is 10.6 Å². The number of halogens is 2. The van der Waals surface area contributed by atoms with Crippen molar-refractivity contribution in [1.82, 2.24) is 5.32 Å². The molecule has 0 fully saturated rings. The van der Waals surface area contributed by atoms with Crippen LogP contribution in [0, 0.1) is 23.5 Å². The third kappa shape index (κ3) is 5.37. The molecule has 3 N–H and O–H groups in total. The number of benzene rings is 1. The molecule has 0 aliphatic rings. The van der Waals surface area contributed by atoms with E-state index >= 15 is 0 Å². The van der Waals surface area contributed by atoms with E-state index in [2.05, 4.69) is 5.32 Å². The number of hydrogen-bond donors (Lipinski definition) is 3. The summed E-state index contributed by atoms with van der Waals surface area (Å²) in [5.41, 5.74) is -0.564. The van der Waals surface area contributed by atoms with E-state index in [1.807, 2.05) is 19.2 Å². The molecule has 116 valence electrons. The van der Waals surface area contributed by atoms with Crippen LogP contribution in [-0.4, -0.2) is 23.7 Å². The van der Waals surface area contributed by atoms with Crippen molar-refractivity contribution in [2.24, 2.45) is 11.8 Å². The first-order valence-corrected chi connectivity index (χ1v) is 6.53. The Bertz CT molecular complexity index is 501. The molecule has 1 rings (SSSR count). The van der Waals surface area contributed by atoms with Crippen LogP contribution in [0.1, 0.15) is 20.3 Å². The molecule has 0 spiro atoms. The third-order valence-electron chi connectivity index (χ3n) is 2.82. The van der Waals surface area contributed by atoms with E-state index in [1.54, 1.807) is 0 Å². The maximum absolute atomic E-state index is 13.3. The van der Waals surface area contributed by atoms with E-state index in [9.17, 15) is 18.4 Å². The number of carboxylic acid groups (broad SMARTS) is 1. The summed E-state index contributed by atoms with van der Waals surface area (Å²) < 4.78 is 26.7. The van der Waals surface area contributed by atoms with Crippen LogP contribution in [0.15, 0.2) is 18.2 Å². The molecule has 0 saturated heterocycles. The lowest BCUT2D eigenvalue weighted by Gasteiger charge is -2.16. The lowest BCUT2D eigenvalue weighted by molar-refractivity contribution is -0.142. The minimum atomic E-state index is -1.03. The molecule has 0 aliphatic heterocycles. The van der Waals surface area contributed by atoms with E-state index in [4.69, 9.17) is 5.11 Å². The number of rotatable bonds is 6. The van der Waals surface area contributed by atoms with Crippen LogP contribution in [0.3, 0.4) is 0 Å². The number of carbonyl (C=O) groups is 2. The minimum Gasteiger partial charge on any atom is -0.481 e. The highest BCUT2D eigenvalue weighted by molar-refractivity contribution is 5.89. The predicted octanol–water partition coefficient (Wildman–Crippen LogP) is 2.83. The van der Waals surface area contributed by atoms with Gasteiger partial charge in [0.15, 0.2) is 0 Å². The van der Waals surface area contributed by atoms with Crippen LogP contribution in [0.5, 0.6) is 0 Å². The molecule has 0 heterocycles. The minimum absolute atomic E-state index is 0.116. The van der Waals surface area contributed by atoms with Crippen LogP contribution in [-0.2, 0) is 4.79 Å². The molecule has 2 amide bonds. The molecule has 1 unspecified atom stereocenters. The van der Waals surface area contributed by atoms with Gasteiger partial charge in [0.25, 0.3) is 0 Å². The number of carbonyl (C=O) groups excluding carboxylic acids is 1. The van der Waals surface area contributed by atoms with Gasteiger partial charge in [0, 0.05) is 6.54 Å². The molecule has 1 aromatic rings. The SMILES string of the molecule is CC(C)CC(CNC(=O)Nc1c(F)cccc1F)C(=O)O. The molecule has 0 aliphatic carbocycles. The molecule has 5 nitrogen and oxygen atoms in total. The average molecular weight is 300 g/mol. The molecule has 0 aromatic heterocycles. The van der Waals surface area contributed by atoms with Crippen molar-refractivity contribution >= 4 is 17.7 Å². The first-order chi connectivity index (χ1) is 9.81. The van der Waals surface area contributed by atoms with Gasteiger partial charge < -0.3 is 15.7 Å². The molecule has 7 heteroatoms. The zero-order chi connectivity index (χ0) is 16.0. The lowest BCUT2D eigenvalue weighted by atomic mass is 9.97. The maximum Gasteiger partial charge on any atom is 0.319 e. The molecule has 0 bridgehead atoms. The molecule has 0 saturated carbocycles. The van der Waals surface area contributed by atoms with Crippen molar-refractivity contribution in [2.75, 3.05) is 11.9 Å². The van der Waals surface area contributed by atoms with Crippen LogP contribution in [0.25, 0.3) is 0 Å². The average Bonchev–Trinajstić information content (AvgIpc) is 2.38. The van der Waals surface area contributed by atoms with Crippen LogP contribution >= 0.6 is 0 Å². The first-order valence-electron chi connectivity index (χ1n) is 6.53. The highest BCUT2D eigenvalue weighted by Gasteiger charge is 2.20. The Morgan fingerprint density at radius 2 is 1.81 bits per heavy atom. The van der Waals surface area contributed by atoms with Gasteiger partial charge in [0.05, 0.1) is 5.92 Å². The Kier molecular flexibility index (Phi) is 6.08. The van der Waals surface area contributed by atoms with E-state index in [0.717, 1.165) is 12.1 Å². The van der Waals surface area contributed by atoms with Crippen molar-refractivity contribution in [3.8, 4) is 0 Å². The quantitative estimate of drug-likeness (QED) is 0.756. The van der Waals surface area contributed by atoms with E-state index in [-0.39, 0.29) is 12.5 Å². The van der Waals surface area contributed by atoms with Gasteiger partial charge in [0.2, 0.25) is 0 Å². The van der Waals surface area contributed by atoms with Crippen molar-refractivity contribution in [3.05, 3.63) is 29.8 Å². The zero-order valence-corrected chi connectivity index (χ0v) is 11.8. The van der Waals surface area contributed by atoms with Crippen LogP contribution in [0.2, 0.25) is 0 Å². The number of carboxylic acids is 1. The highest BCUT2D eigenvalue weighted by Crippen LogP contribution is 2.17. The summed E-state index contributed by atoms with van der Waals surface area (Å²) in [5, 5.41) is 13.4. The maximum atomic E-state index is 13.3. The normalized spacial score (nSPS) is 12.0. The number of para-hydroxylation sites is 1. The number of anilines is 1. The van der Waals surface area contributed by atoms with Gasteiger partial charge in [-0.05, 0) is 24.5 Å². The van der Waals surface area contributed by atoms with Gasteiger partial charge in [-0.25, -0.2) is 13.6 Å². The summed E-state index contributed by atoms with van der Waals surface area (Å²) in [4.78, 5) is 22.6. The Balaban J connectivity index is 2.59. The Labute approximate surface area is 121 Å². The monoisotopic (exact) mass is 300 g/mol.